The lowest BCUT2D eigenvalue weighted by molar-refractivity contribution is -0.147. The van der Waals surface area contributed by atoms with Crippen molar-refractivity contribution < 1.29 is 30.3 Å². The molecule has 15 heavy (non-hydrogen) atoms. The summed E-state index contributed by atoms with van der Waals surface area (Å²) in [5.74, 6) is -0.603. The van der Waals surface area contributed by atoms with Gasteiger partial charge >= 0.3 is 0 Å². The Morgan fingerprint density at radius 1 is 1.13 bits per heavy atom. The number of hydrogen-bond donors (Lipinski definition) is 5. The van der Waals surface area contributed by atoms with Crippen molar-refractivity contribution in [3.05, 3.63) is 0 Å². The standard InChI is InChI=1S/C9H18O6/c1-2-3-5(11)7(13)9(15)8(14)6(12)4-10/h6-10,12-15H,2-4H2,1H3/t6-,7-,8-,9-/m1/s1. The molecule has 0 saturated heterocycles. The Morgan fingerprint density at radius 2 is 1.67 bits per heavy atom. The second-order valence-electron chi connectivity index (χ2n) is 3.39. The van der Waals surface area contributed by atoms with Crippen molar-refractivity contribution in [1.82, 2.24) is 0 Å². The van der Waals surface area contributed by atoms with E-state index in [0.29, 0.717) is 6.42 Å². The zero-order chi connectivity index (χ0) is 12.0. The fraction of sp³-hybridized carbons (Fsp3) is 0.889. The highest BCUT2D eigenvalue weighted by molar-refractivity contribution is 5.83. The smallest absolute Gasteiger partial charge is 0.164 e. The zero-order valence-corrected chi connectivity index (χ0v) is 8.58. The number of carbonyl (C=O) groups is 1. The minimum Gasteiger partial charge on any atom is -0.394 e. The van der Waals surface area contributed by atoms with Gasteiger partial charge in [-0.2, -0.15) is 0 Å². The summed E-state index contributed by atoms with van der Waals surface area (Å²) in [5.41, 5.74) is 0. The highest BCUT2D eigenvalue weighted by atomic mass is 16.4. The Bertz CT molecular complexity index is 195. The summed E-state index contributed by atoms with van der Waals surface area (Å²) in [6.07, 6.45) is -6.25. The lowest BCUT2D eigenvalue weighted by Crippen LogP contribution is -2.48. The Kier molecular flexibility index (Phi) is 6.62. The molecule has 0 spiro atoms. The summed E-state index contributed by atoms with van der Waals surface area (Å²) in [6.45, 7) is 0.975. The van der Waals surface area contributed by atoms with Crippen LogP contribution in [0.5, 0.6) is 0 Å². The van der Waals surface area contributed by atoms with Crippen molar-refractivity contribution >= 4 is 5.78 Å². The van der Waals surface area contributed by atoms with Gasteiger partial charge < -0.3 is 25.5 Å². The van der Waals surface area contributed by atoms with E-state index in [4.69, 9.17) is 10.2 Å². The lowest BCUT2D eigenvalue weighted by Gasteiger charge is -2.24. The van der Waals surface area contributed by atoms with Crippen LogP contribution in [0, 0.1) is 0 Å². The van der Waals surface area contributed by atoms with Crippen LogP contribution in [0.2, 0.25) is 0 Å². The van der Waals surface area contributed by atoms with Gasteiger partial charge in [-0.15, -0.1) is 0 Å². The first kappa shape index (κ1) is 14.5. The summed E-state index contributed by atoms with van der Waals surface area (Å²) >= 11 is 0. The molecule has 6 nitrogen and oxygen atoms in total. The van der Waals surface area contributed by atoms with Gasteiger partial charge in [0.1, 0.15) is 24.4 Å². The molecule has 0 aliphatic rings. The molecule has 5 N–H and O–H groups in total. The quantitative estimate of drug-likeness (QED) is 0.333. The molecule has 0 unspecified atom stereocenters. The minimum absolute atomic E-state index is 0.0835. The molecule has 6 heteroatoms. The molecule has 0 bridgehead atoms. The first-order chi connectivity index (χ1) is 6.95. The second-order valence-corrected chi connectivity index (χ2v) is 3.39. The van der Waals surface area contributed by atoms with Crippen LogP contribution in [0.1, 0.15) is 19.8 Å². The van der Waals surface area contributed by atoms with Crippen LogP contribution in [0.3, 0.4) is 0 Å². The lowest BCUT2D eigenvalue weighted by atomic mass is 9.98. The maximum atomic E-state index is 11.1. The van der Waals surface area contributed by atoms with Crippen molar-refractivity contribution in [2.24, 2.45) is 0 Å². The van der Waals surface area contributed by atoms with Gasteiger partial charge in [0.15, 0.2) is 5.78 Å². The summed E-state index contributed by atoms with van der Waals surface area (Å²) < 4.78 is 0. The van der Waals surface area contributed by atoms with Crippen LogP contribution in [0.15, 0.2) is 0 Å². The van der Waals surface area contributed by atoms with E-state index in [-0.39, 0.29) is 6.42 Å². The summed E-state index contributed by atoms with van der Waals surface area (Å²) in [4.78, 5) is 11.1. The van der Waals surface area contributed by atoms with Gasteiger partial charge in [-0.1, -0.05) is 6.92 Å². The Hall–Kier alpha value is -0.530. The topological polar surface area (TPSA) is 118 Å². The fourth-order valence-corrected chi connectivity index (χ4v) is 1.11. The molecule has 4 atom stereocenters. The van der Waals surface area contributed by atoms with Crippen molar-refractivity contribution in [3.63, 3.8) is 0 Å². The monoisotopic (exact) mass is 222 g/mol. The molecule has 90 valence electrons. The van der Waals surface area contributed by atoms with E-state index in [1.54, 1.807) is 6.92 Å². The number of aliphatic hydroxyl groups is 5. The molecular formula is C9H18O6. The molecule has 0 aromatic carbocycles. The van der Waals surface area contributed by atoms with Crippen LogP contribution in [0.4, 0.5) is 0 Å². The highest BCUT2D eigenvalue weighted by Gasteiger charge is 2.33. The maximum Gasteiger partial charge on any atom is 0.164 e. The normalized spacial score (nSPS) is 19.3. The molecular weight excluding hydrogens is 204 g/mol. The Morgan fingerprint density at radius 3 is 2.07 bits per heavy atom. The molecule has 0 aliphatic heterocycles. The van der Waals surface area contributed by atoms with Crippen molar-refractivity contribution in [3.8, 4) is 0 Å². The largest absolute Gasteiger partial charge is 0.394 e. The van der Waals surface area contributed by atoms with Gasteiger partial charge in [-0.25, -0.2) is 0 Å². The second kappa shape index (κ2) is 6.86. The van der Waals surface area contributed by atoms with Crippen LogP contribution < -0.4 is 0 Å². The summed E-state index contributed by atoms with van der Waals surface area (Å²) in [6, 6.07) is 0. The highest BCUT2D eigenvalue weighted by Crippen LogP contribution is 2.08. The third kappa shape index (κ3) is 4.23. The minimum atomic E-state index is -1.79. The van der Waals surface area contributed by atoms with Gasteiger partial charge in [0, 0.05) is 6.42 Å². The molecule has 0 aromatic rings. The van der Waals surface area contributed by atoms with E-state index in [1.807, 2.05) is 0 Å². The predicted molar refractivity (Wildman–Crippen MR) is 51.0 cm³/mol. The van der Waals surface area contributed by atoms with Crippen LogP contribution >= 0.6 is 0 Å². The van der Waals surface area contributed by atoms with Gasteiger partial charge in [-0.05, 0) is 6.42 Å². The van der Waals surface area contributed by atoms with E-state index < -0.39 is 36.8 Å². The SMILES string of the molecule is CCCC(=O)[C@@H](O)[C@@H](O)[C@H](O)[C@H](O)CO. The molecule has 0 aromatic heterocycles. The van der Waals surface area contributed by atoms with Gasteiger partial charge in [-0.3, -0.25) is 4.79 Å². The third-order valence-electron chi connectivity index (χ3n) is 2.08. The van der Waals surface area contributed by atoms with Crippen LogP contribution in [-0.4, -0.2) is 62.3 Å². The van der Waals surface area contributed by atoms with Gasteiger partial charge in [0.05, 0.1) is 6.61 Å². The van der Waals surface area contributed by atoms with E-state index in [9.17, 15) is 20.1 Å². The van der Waals surface area contributed by atoms with Crippen LogP contribution in [-0.2, 0) is 4.79 Å². The fourth-order valence-electron chi connectivity index (χ4n) is 1.11. The maximum absolute atomic E-state index is 11.1. The number of rotatable bonds is 7. The molecule has 0 amide bonds. The number of carbonyl (C=O) groups excluding carboxylic acids is 1. The zero-order valence-electron chi connectivity index (χ0n) is 8.58. The molecule has 0 saturated carbocycles. The van der Waals surface area contributed by atoms with Gasteiger partial charge in [0.2, 0.25) is 0 Å². The molecule has 0 rings (SSSR count). The summed E-state index contributed by atoms with van der Waals surface area (Å²) in [5, 5.41) is 45.2. The van der Waals surface area contributed by atoms with E-state index >= 15 is 0 Å². The molecule has 0 heterocycles. The van der Waals surface area contributed by atoms with Crippen molar-refractivity contribution in [2.45, 2.75) is 44.2 Å². The van der Waals surface area contributed by atoms with E-state index in [1.165, 1.54) is 0 Å². The van der Waals surface area contributed by atoms with E-state index in [2.05, 4.69) is 0 Å². The van der Waals surface area contributed by atoms with Gasteiger partial charge in [0.25, 0.3) is 0 Å². The first-order valence-corrected chi connectivity index (χ1v) is 4.81. The number of hydrogen-bond acceptors (Lipinski definition) is 6. The Labute approximate surface area is 87.8 Å². The average Bonchev–Trinajstić information content (AvgIpc) is 2.25. The summed E-state index contributed by atoms with van der Waals surface area (Å²) in [7, 11) is 0. The number of aliphatic hydroxyl groups excluding tert-OH is 5. The average molecular weight is 222 g/mol. The molecule has 0 fully saturated rings. The van der Waals surface area contributed by atoms with Crippen molar-refractivity contribution in [1.29, 1.82) is 0 Å². The third-order valence-corrected chi connectivity index (χ3v) is 2.08. The predicted octanol–water partition coefficient (Wildman–Crippen LogP) is -2.21. The Balaban J connectivity index is 4.29. The first-order valence-electron chi connectivity index (χ1n) is 4.81. The number of ketones is 1. The van der Waals surface area contributed by atoms with Crippen LogP contribution in [0.25, 0.3) is 0 Å². The van der Waals surface area contributed by atoms with E-state index in [0.717, 1.165) is 0 Å². The number of Topliss-reactive ketones (excluding diaryl/α,β-unsaturated/α-hetero) is 1. The molecule has 0 aliphatic carbocycles. The van der Waals surface area contributed by atoms with Crippen molar-refractivity contribution in [2.75, 3.05) is 6.61 Å². The molecule has 0 radical (unpaired) electrons.